The maximum absolute atomic E-state index is 12.4. The van der Waals surface area contributed by atoms with Crippen molar-refractivity contribution in [1.29, 1.82) is 0 Å². The molecule has 0 aliphatic carbocycles. The van der Waals surface area contributed by atoms with Gasteiger partial charge < -0.3 is 21.3 Å². The molecule has 0 atom stereocenters. The average molecular weight is 418 g/mol. The molecule has 6 nitrogen and oxygen atoms in total. The van der Waals surface area contributed by atoms with Gasteiger partial charge in [-0.2, -0.15) is 0 Å². The van der Waals surface area contributed by atoms with Crippen LogP contribution in [0.3, 0.4) is 0 Å². The van der Waals surface area contributed by atoms with Gasteiger partial charge >= 0.3 is 0 Å². The number of carbonyl (C=O) groups excluding carboxylic acids is 1. The molecule has 0 saturated heterocycles. The van der Waals surface area contributed by atoms with Gasteiger partial charge in [-0.1, -0.05) is 35.6 Å². The molecule has 4 aromatic rings. The Bertz CT molecular complexity index is 1180. The molecule has 0 aliphatic heterocycles. The molecule has 4 N–H and O–H groups in total. The highest BCUT2D eigenvalue weighted by Gasteiger charge is 2.09. The molecule has 0 unspecified atom stereocenters. The number of nitrogens with one attached hydrogen (secondary N) is 2. The number of amides is 1. The zero-order valence-corrected chi connectivity index (χ0v) is 17.7. The maximum Gasteiger partial charge on any atom is 0.255 e. The molecule has 1 aromatic heterocycles. The highest BCUT2D eigenvalue weighted by atomic mass is 32.1. The van der Waals surface area contributed by atoms with Gasteiger partial charge in [0.05, 0.1) is 21.6 Å². The minimum atomic E-state index is -0.182. The molecule has 0 aliphatic rings. The van der Waals surface area contributed by atoms with Crippen LogP contribution in [0, 0.1) is 0 Å². The fourth-order valence-electron chi connectivity index (χ4n) is 3.00. The van der Waals surface area contributed by atoms with E-state index in [1.165, 1.54) is 4.70 Å². The van der Waals surface area contributed by atoms with Crippen molar-refractivity contribution >= 4 is 49.7 Å². The normalized spacial score (nSPS) is 10.7. The van der Waals surface area contributed by atoms with E-state index in [1.54, 1.807) is 23.5 Å². The summed E-state index contributed by atoms with van der Waals surface area (Å²) in [7, 11) is 3.99. The molecule has 3 aromatic carbocycles. The Hall–Kier alpha value is -3.58. The van der Waals surface area contributed by atoms with E-state index in [9.17, 15) is 4.79 Å². The number of nitrogens with two attached hydrogens (primary N) is 1. The van der Waals surface area contributed by atoms with Crippen LogP contribution in [0.25, 0.3) is 10.2 Å². The number of fused-ring (bicyclic) bond motifs is 1. The number of thiazole rings is 1. The molecule has 0 fully saturated rings. The van der Waals surface area contributed by atoms with Gasteiger partial charge in [-0.05, 0) is 48.0 Å². The molecular weight excluding hydrogens is 394 g/mol. The zero-order valence-electron chi connectivity index (χ0n) is 16.8. The first-order valence-electron chi connectivity index (χ1n) is 9.56. The molecule has 1 heterocycles. The molecular formula is C23H23N5OS. The summed E-state index contributed by atoms with van der Waals surface area (Å²) < 4.78 is 1.17. The van der Waals surface area contributed by atoms with Crippen LogP contribution in [0.2, 0.25) is 0 Å². The van der Waals surface area contributed by atoms with Crippen molar-refractivity contribution in [3.05, 3.63) is 77.9 Å². The summed E-state index contributed by atoms with van der Waals surface area (Å²) in [6.07, 6.45) is 0. The number of hydrogen-bond donors (Lipinski definition) is 3. The summed E-state index contributed by atoms with van der Waals surface area (Å²) in [4.78, 5) is 19.1. The van der Waals surface area contributed by atoms with Crippen LogP contribution in [-0.2, 0) is 6.54 Å². The number of benzene rings is 3. The van der Waals surface area contributed by atoms with Crippen LogP contribution in [-0.4, -0.2) is 25.0 Å². The summed E-state index contributed by atoms with van der Waals surface area (Å²) >= 11 is 1.68. The van der Waals surface area contributed by atoms with E-state index in [4.69, 9.17) is 5.73 Å². The van der Waals surface area contributed by atoms with Gasteiger partial charge in [0.1, 0.15) is 0 Å². The quantitative estimate of drug-likeness (QED) is 0.392. The fraction of sp³-hybridized carbons (Fsp3) is 0.130. The number of aromatic nitrogens is 1. The molecule has 0 spiro atoms. The first kappa shape index (κ1) is 19.7. The van der Waals surface area contributed by atoms with Crippen molar-refractivity contribution < 1.29 is 4.79 Å². The Morgan fingerprint density at radius 2 is 1.83 bits per heavy atom. The topological polar surface area (TPSA) is 83.3 Å². The van der Waals surface area contributed by atoms with Crippen molar-refractivity contribution in [3.8, 4) is 0 Å². The summed E-state index contributed by atoms with van der Waals surface area (Å²) in [5.41, 5.74) is 10.7. The van der Waals surface area contributed by atoms with Gasteiger partial charge in [0.15, 0.2) is 5.13 Å². The van der Waals surface area contributed by atoms with Crippen LogP contribution in [0.5, 0.6) is 0 Å². The lowest BCUT2D eigenvalue weighted by Gasteiger charge is -2.09. The summed E-state index contributed by atoms with van der Waals surface area (Å²) in [5, 5.41) is 7.26. The molecule has 30 heavy (non-hydrogen) atoms. The highest BCUT2D eigenvalue weighted by molar-refractivity contribution is 7.22. The first-order chi connectivity index (χ1) is 14.5. The second kappa shape index (κ2) is 8.42. The van der Waals surface area contributed by atoms with Gasteiger partial charge in [0.2, 0.25) is 0 Å². The van der Waals surface area contributed by atoms with Gasteiger partial charge in [-0.3, -0.25) is 4.79 Å². The van der Waals surface area contributed by atoms with Crippen molar-refractivity contribution in [1.82, 2.24) is 4.98 Å². The van der Waals surface area contributed by atoms with Gasteiger partial charge in [0.25, 0.3) is 5.91 Å². The third kappa shape index (κ3) is 4.36. The zero-order chi connectivity index (χ0) is 21.1. The molecule has 1 amide bonds. The number of carbonyl (C=O) groups is 1. The smallest absolute Gasteiger partial charge is 0.255 e. The van der Waals surface area contributed by atoms with E-state index in [1.807, 2.05) is 55.4 Å². The second-order valence-corrected chi connectivity index (χ2v) is 8.17. The maximum atomic E-state index is 12.4. The lowest BCUT2D eigenvalue weighted by molar-refractivity contribution is 0.102. The van der Waals surface area contributed by atoms with E-state index >= 15 is 0 Å². The van der Waals surface area contributed by atoms with Gasteiger partial charge in [-0.15, -0.1) is 0 Å². The van der Waals surface area contributed by atoms with Crippen LogP contribution in [0.4, 0.5) is 22.2 Å². The third-order valence-corrected chi connectivity index (χ3v) is 5.88. The van der Waals surface area contributed by atoms with E-state index in [-0.39, 0.29) is 5.91 Å². The molecule has 7 heteroatoms. The Kier molecular flexibility index (Phi) is 5.54. The Balaban J connectivity index is 1.39. The summed E-state index contributed by atoms with van der Waals surface area (Å²) in [6.45, 7) is 0.656. The Morgan fingerprint density at radius 3 is 2.57 bits per heavy atom. The minimum Gasteiger partial charge on any atom is -0.397 e. The van der Waals surface area contributed by atoms with Crippen LogP contribution >= 0.6 is 11.3 Å². The van der Waals surface area contributed by atoms with E-state index < -0.39 is 0 Å². The molecule has 0 radical (unpaired) electrons. The van der Waals surface area contributed by atoms with Gasteiger partial charge in [0, 0.05) is 31.9 Å². The number of para-hydroxylation sites is 2. The molecule has 0 saturated carbocycles. The number of nitrogens with zero attached hydrogens (tertiary/aromatic N) is 2. The minimum absolute atomic E-state index is 0.182. The SMILES string of the molecule is CN(C)c1nc2cc(NCc3ccc(C(=O)Nc4ccccc4N)cc3)ccc2s1. The number of anilines is 4. The average Bonchev–Trinajstić information content (AvgIpc) is 3.18. The van der Waals surface area contributed by atoms with Crippen molar-refractivity contribution in [2.24, 2.45) is 0 Å². The van der Waals surface area contributed by atoms with Crippen LogP contribution in [0.15, 0.2) is 66.7 Å². The van der Waals surface area contributed by atoms with E-state index in [0.717, 1.165) is 21.9 Å². The highest BCUT2D eigenvalue weighted by Crippen LogP contribution is 2.29. The number of hydrogen-bond acceptors (Lipinski definition) is 6. The first-order valence-corrected chi connectivity index (χ1v) is 10.4. The standard InChI is InChI=1S/C23H23N5OS/c1-28(2)23-27-20-13-17(11-12-21(20)30-23)25-14-15-7-9-16(10-8-15)22(29)26-19-6-4-3-5-18(19)24/h3-13,25H,14,24H2,1-2H3,(H,26,29). The monoisotopic (exact) mass is 417 g/mol. The number of nitrogen functional groups attached to an aromatic ring is 1. The largest absolute Gasteiger partial charge is 0.397 e. The molecule has 0 bridgehead atoms. The lowest BCUT2D eigenvalue weighted by Crippen LogP contribution is -2.13. The number of rotatable bonds is 6. The van der Waals surface area contributed by atoms with Crippen molar-refractivity contribution in [2.75, 3.05) is 35.4 Å². The third-order valence-electron chi connectivity index (χ3n) is 4.68. The van der Waals surface area contributed by atoms with Gasteiger partial charge in [-0.25, -0.2) is 4.98 Å². The van der Waals surface area contributed by atoms with Crippen LogP contribution in [0.1, 0.15) is 15.9 Å². The second-order valence-electron chi connectivity index (χ2n) is 7.17. The fourth-order valence-corrected chi connectivity index (χ4v) is 3.87. The summed E-state index contributed by atoms with van der Waals surface area (Å²) in [6, 6.07) is 21.0. The molecule has 4 rings (SSSR count). The molecule has 152 valence electrons. The van der Waals surface area contributed by atoms with Crippen molar-refractivity contribution in [3.63, 3.8) is 0 Å². The predicted octanol–water partition coefficient (Wildman–Crippen LogP) is 4.81. The van der Waals surface area contributed by atoms with E-state index in [0.29, 0.717) is 23.5 Å². The Labute approximate surface area is 179 Å². The van der Waals surface area contributed by atoms with Crippen LogP contribution < -0.4 is 21.3 Å². The van der Waals surface area contributed by atoms with Crippen molar-refractivity contribution in [2.45, 2.75) is 6.54 Å². The summed E-state index contributed by atoms with van der Waals surface area (Å²) in [5.74, 6) is -0.182. The lowest BCUT2D eigenvalue weighted by atomic mass is 10.1. The van der Waals surface area contributed by atoms with E-state index in [2.05, 4.69) is 33.8 Å². The Morgan fingerprint density at radius 1 is 1.07 bits per heavy atom. The predicted molar refractivity (Wildman–Crippen MR) is 127 cm³/mol.